The Morgan fingerprint density at radius 3 is 3.07 bits per heavy atom. The van der Waals surface area contributed by atoms with Crippen LogP contribution in [0.1, 0.15) is 17.3 Å². The molecule has 1 aromatic heterocycles. The summed E-state index contributed by atoms with van der Waals surface area (Å²) in [7, 11) is 0. The van der Waals surface area contributed by atoms with E-state index in [-0.39, 0.29) is 0 Å². The number of hydrogen-bond donors (Lipinski definition) is 1. The van der Waals surface area contributed by atoms with Crippen LogP contribution < -0.4 is 4.74 Å². The maximum atomic E-state index is 10.9. The molecule has 0 amide bonds. The first-order chi connectivity index (χ1) is 6.86. The minimum Gasteiger partial charge on any atom is -0.493 e. The maximum Gasteiger partial charge on any atom is 0.156 e. The molecule has 14 heavy (non-hydrogen) atoms. The van der Waals surface area contributed by atoms with Gasteiger partial charge >= 0.3 is 0 Å². The Morgan fingerprint density at radius 1 is 1.50 bits per heavy atom. The van der Waals surface area contributed by atoms with Crippen LogP contribution in [0, 0.1) is 0 Å². The van der Waals surface area contributed by atoms with Gasteiger partial charge in [-0.25, -0.2) is 0 Å². The second kappa shape index (κ2) is 3.45. The fourth-order valence-electron chi connectivity index (χ4n) is 1.31. The van der Waals surface area contributed by atoms with E-state index in [1.165, 1.54) is 0 Å². The first-order valence-electron chi connectivity index (χ1n) is 4.28. The molecule has 5 nitrogen and oxygen atoms in total. The lowest BCUT2D eigenvalue weighted by Crippen LogP contribution is -1.96. The van der Waals surface area contributed by atoms with Gasteiger partial charge in [-0.3, -0.25) is 4.79 Å². The van der Waals surface area contributed by atoms with Crippen LogP contribution in [0.2, 0.25) is 0 Å². The van der Waals surface area contributed by atoms with E-state index in [1.54, 1.807) is 12.1 Å². The van der Waals surface area contributed by atoms with Crippen molar-refractivity contribution in [2.45, 2.75) is 6.92 Å². The highest BCUT2D eigenvalue weighted by Crippen LogP contribution is 2.23. The Bertz CT molecular complexity index is 464. The molecule has 0 spiro atoms. The van der Waals surface area contributed by atoms with Crippen LogP contribution in [0.5, 0.6) is 5.75 Å². The zero-order chi connectivity index (χ0) is 9.97. The van der Waals surface area contributed by atoms with Crippen molar-refractivity contribution in [1.29, 1.82) is 0 Å². The van der Waals surface area contributed by atoms with Gasteiger partial charge < -0.3 is 4.74 Å². The third-order valence-corrected chi connectivity index (χ3v) is 1.91. The second-order valence-corrected chi connectivity index (χ2v) is 2.72. The molecular weight excluding hydrogens is 182 g/mol. The van der Waals surface area contributed by atoms with Gasteiger partial charge in [-0.2, -0.15) is 15.4 Å². The molecule has 0 radical (unpaired) electrons. The molecule has 1 heterocycles. The van der Waals surface area contributed by atoms with Gasteiger partial charge in [0.15, 0.2) is 6.29 Å². The zero-order valence-corrected chi connectivity index (χ0v) is 7.65. The molecule has 1 aromatic carbocycles. The van der Waals surface area contributed by atoms with Crippen molar-refractivity contribution in [2.24, 2.45) is 0 Å². The number of aromatic amines is 1. The van der Waals surface area contributed by atoms with Crippen LogP contribution >= 0.6 is 0 Å². The topological polar surface area (TPSA) is 67.9 Å². The van der Waals surface area contributed by atoms with Crippen LogP contribution in [0.3, 0.4) is 0 Å². The van der Waals surface area contributed by atoms with Crippen LogP contribution in [-0.2, 0) is 0 Å². The number of H-pyrrole nitrogens is 1. The van der Waals surface area contributed by atoms with Gasteiger partial charge in [0, 0.05) is 0 Å². The normalized spacial score (nSPS) is 10.4. The summed E-state index contributed by atoms with van der Waals surface area (Å²) in [5.74, 6) is 0.545. The number of aromatic nitrogens is 3. The van der Waals surface area contributed by atoms with E-state index in [4.69, 9.17) is 4.74 Å². The highest BCUT2D eigenvalue weighted by atomic mass is 16.5. The Kier molecular flexibility index (Phi) is 2.14. The minimum atomic E-state index is 0.443. The van der Waals surface area contributed by atoms with Crippen LogP contribution in [-0.4, -0.2) is 28.3 Å². The quantitative estimate of drug-likeness (QED) is 0.739. The Balaban J connectivity index is 2.66. The van der Waals surface area contributed by atoms with Crippen molar-refractivity contribution in [1.82, 2.24) is 15.4 Å². The molecule has 0 atom stereocenters. The van der Waals surface area contributed by atoms with E-state index in [0.29, 0.717) is 29.0 Å². The van der Waals surface area contributed by atoms with Gasteiger partial charge in [-0.15, -0.1) is 0 Å². The number of carbonyl (C=O) groups excluding carboxylic acids is 1. The average molecular weight is 191 g/mol. The fourth-order valence-corrected chi connectivity index (χ4v) is 1.31. The first-order valence-corrected chi connectivity index (χ1v) is 4.28. The minimum absolute atomic E-state index is 0.443. The van der Waals surface area contributed by atoms with Crippen molar-refractivity contribution in [2.75, 3.05) is 6.61 Å². The van der Waals surface area contributed by atoms with Gasteiger partial charge in [0.2, 0.25) is 0 Å². The van der Waals surface area contributed by atoms with E-state index < -0.39 is 0 Å². The number of rotatable bonds is 3. The molecule has 0 saturated carbocycles. The van der Waals surface area contributed by atoms with E-state index in [1.807, 2.05) is 6.92 Å². The second-order valence-electron chi connectivity index (χ2n) is 2.72. The lowest BCUT2D eigenvalue weighted by Gasteiger charge is -2.04. The number of benzene rings is 1. The van der Waals surface area contributed by atoms with Crippen LogP contribution in [0.25, 0.3) is 11.0 Å². The number of carbonyl (C=O) groups is 1. The molecule has 0 bridgehead atoms. The predicted molar refractivity (Wildman–Crippen MR) is 50.4 cm³/mol. The van der Waals surface area contributed by atoms with Crippen molar-refractivity contribution in [3.05, 3.63) is 17.7 Å². The molecule has 0 fully saturated rings. The van der Waals surface area contributed by atoms with Gasteiger partial charge in [0.05, 0.1) is 12.2 Å². The predicted octanol–water partition coefficient (Wildman–Crippen LogP) is 1.17. The molecule has 0 saturated heterocycles. The smallest absolute Gasteiger partial charge is 0.156 e. The van der Waals surface area contributed by atoms with Gasteiger partial charge in [-0.1, -0.05) is 0 Å². The molecule has 2 aromatic rings. The molecule has 0 aliphatic heterocycles. The van der Waals surface area contributed by atoms with Crippen molar-refractivity contribution >= 4 is 17.3 Å². The summed E-state index contributed by atoms with van der Waals surface area (Å²) in [5.41, 5.74) is 1.65. The summed E-state index contributed by atoms with van der Waals surface area (Å²) in [5, 5.41) is 10.2. The lowest BCUT2D eigenvalue weighted by molar-refractivity contribution is 0.112. The fraction of sp³-hybridized carbons (Fsp3) is 0.222. The molecule has 72 valence electrons. The summed E-state index contributed by atoms with van der Waals surface area (Å²) in [6.45, 7) is 2.38. The zero-order valence-electron chi connectivity index (χ0n) is 7.65. The van der Waals surface area contributed by atoms with E-state index >= 15 is 0 Å². The lowest BCUT2D eigenvalue weighted by atomic mass is 10.2. The summed E-state index contributed by atoms with van der Waals surface area (Å²) in [6.07, 6.45) is 0.732. The molecular formula is C9H9N3O2. The SMILES string of the molecule is CCOc1ccc2n[nH]nc2c1C=O. The first kappa shape index (κ1) is 8.68. The van der Waals surface area contributed by atoms with E-state index in [0.717, 1.165) is 6.29 Å². The molecule has 0 aliphatic carbocycles. The Labute approximate surface area is 80.1 Å². The number of ether oxygens (including phenoxy) is 1. The molecule has 2 rings (SSSR count). The Morgan fingerprint density at radius 2 is 2.36 bits per heavy atom. The largest absolute Gasteiger partial charge is 0.493 e. The number of fused-ring (bicyclic) bond motifs is 1. The van der Waals surface area contributed by atoms with Crippen LogP contribution in [0.15, 0.2) is 12.1 Å². The highest BCUT2D eigenvalue weighted by molar-refractivity contribution is 5.96. The Hall–Kier alpha value is -1.91. The van der Waals surface area contributed by atoms with E-state index in [2.05, 4.69) is 15.4 Å². The number of hydrogen-bond acceptors (Lipinski definition) is 4. The monoisotopic (exact) mass is 191 g/mol. The van der Waals surface area contributed by atoms with Crippen molar-refractivity contribution in [3.8, 4) is 5.75 Å². The molecule has 0 unspecified atom stereocenters. The molecule has 1 N–H and O–H groups in total. The van der Waals surface area contributed by atoms with E-state index in [9.17, 15) is 4.79 Å². The van der Waals surface area contributed by atoms with Crippen LogP contribution in [0.4, 0.5) is 0 Å². The van der Waals surface area contributed by atoms with Gasteiger partial charge in [0.1, 0.15) is 16.8 Å². The van der Waals surface area contributed by atoms with Gasteiger partial charge in [-0.05, 0) is 19.1 Å². The number of nitrogens with one attached hydrogen (secondary N) is 1. The molecule has 0 aliphatic rings. The molecule has 5 heteroatoms. The number of nitrogens with zero attached hydrogens (tertiary/aromatic N) is 2. The third kappa shape index (κ3) is 1.22. The summed E-state index contributed by atoms with van der Waals surface area (Å²) in [4.78, 5) is 10.9. The summed E-state index contributed by atoms with van der Waals surface area (Å²) >= 11 is 0. The maximum absolute atomic E-state index is 10.9. The van der Waals surface area contributed by atoms with Gasteiger partial charge in [0.25, 0.3) is 0 Å². The summed E-state index contributed by atoms with van der Waals surface area (Å²) < 4.78 is 5.29. The average Bonchev–Trinajstić information content (AvgIpc) is 2.66. The highest BCUT2D eigenvalue weighted by Gasteiger charge is 2.10. The standard InChI is InChI=1S/C9H9N3O2/c1-2-14-8-4-3-7-9(6(8)5-13)11-12-10-7/h3-5H,2H2,1H3,(H,10,11,12). The van der Waals surface area contributed by atoms with Crippen molar-refractivity contribution in [3.63, 3.8) is 0 Å². The van der Waals surface area contributed by atoms with Crippen molar-refractivity contribution < 1.29 is 9.53 Å². The summed E-state index contributed by atoms with van der Waals surface area (Å²) in [6, 6.07) is 3.48. The number of aldehydes is 1. The third-order valence-electron chi connectivity index (χ3n) is 1.91.